The van der Waals surface area contributed by atoms with Crippen molar-refractivity contribution in [3.63, 3.8) is 0 Å². The molecule has 0 spiro atoms. The van der Waals surface area contributed by atoms with E-state index in [1.165, 1.54) is 27.9 Å². The molecule has 3 fully saturated rings. The minimum atomic E-state index is -4.36. The van der Waals surface area contributed by atoms with Crippen LogP contribution in [-0.2, 0) is 48.1 Å². The molecule has 3 saturated heterocycles. The molecule has 0 radical (unpaired) electrons. The number of esters is 1. The maximum absolute atomic E-state index is 14.1. The highest BCUT2D eigenvalue weighted by atomic mass is 32.2. The van der Waals surface area contributed by atoms with E-state index in [2.05, 4.69) is 0 Å². The van der Waals surface area contributed by atoms with Crippen LogP contribution in [-0.4, -0.2) is 161 Å². The van der Waals surface area contributed by atoms with Gasteiger partial charge in [0.2, 0.25) is 5.40 Å². The normalized spacial score (nSPS) is 45.6. The molecule has 332 valence electrons. The third-order valence-corrected chi connectivity index (χ3v) is 12.2. The van der Waals surface area contributed by atoms with E-state index in [0.717, 1.165) is 0 Å². The number of nitrogens with zero attached hydrogens (tertiary/aromatic N) is 2. The van der Waals surface area contributed by atoms with Gasteiger partial charge in [-0.05, 0) is 74.9 Å². The van der Waals surface area contributed by atoms with Crippen molar-refractivity contribution in [3.05, 3.63) is 0 Å². The first-order chi connectivity index (χ1) is 26.0. The van der Waals surface area contributed by atoms with Gasteiger partial charge < -0.3 is 58.9 Å². The first-order valence-electron chi connectivity index (χ1n) is 19.4. The van der Waals surface area contributed by atoms with Gasteiger partial charge in [0.05, 0.1) is 47.6 Å². The zero-order valence-electron chi connectivity index (χ0n) is 35.6. The summed E-state index contributed by atoms with van der Waals surface area (Å²) in [4.78, 5) is 29.8. The Hall–Kier alpha value is -1.90. The average Bonchev–Trinajstić information content (AvgIpc) is 3.12. The van der Waals surface area contributed by atoms with Crippen molar-refractivity contribution in [2.45, 2.75) is 179 Å². The Morgan fingerprint density at radius 1 is 0.930 bits per heavy atom. The number of ketones is 1. The van der Waals surface area contributed by atoms with E-state index in [9.17, 15) is 43.5 Å². The summed E-state index contributed by atoms with van der Waals surface area (Å²) >= 11 is 0. The summed E-state index contributed by atoms with van der Waals surface area (Å²) in [7, 11) is 0.820. The van der Waals surface area contributed by atoms with Gasteiger partial charge in [0.1, 0.15) is 29.7 Å². The Labute approximate surface area is 337 Å². The van der Waals surface area contributed by atoms with Crippen LogP contribution >= 0.6 is 0 Å². The molecule has 57 heavy (non-hydrogen) atoms. The van der Waals surface area contributed by atoms with Gasteiger partial charge in [0.15, 0.2) is 12.6 Å². The number of methoxy groups -OCH3 is 1. The lowest BCUT2D eigenvalue weighted by Gasteiger charge is -2.49. The molecule has 0 aliphatic carbocycles. The van der Waals surface area contributed by atoms with Crippen LogP contribution in [0.1, 0.15) is 94.9 Å². The summed E-state index contributed by atoms with van der Waals surface area (Å²) in [6.07, 6.45) is -9.71. The van der Waals surface area contributed by atoms with Gasteiger partial charge in [-0.2, -0.15) is 13.7 Å². The summed E-state index contributed by atoms with van der Waals surface area (Å²) in [5, 5.41) is 65.6. The zero-order chi connectivity index (χ0) is 44.2. The molecule has 3 rings (SSSR count). The van der Waals surface area contributed by atoms with Crippen molar-refractivity contribution in [2.75, 3.05) is 21.2 Å². The molecule has 3 aliphatic heterocycles. The molecule has 18 nitrogen and oxygen atoms in total. The fraction of sp³-hybridized carbons (Fsp3) is 0.921. The summed E-state index contributed by atoms with van der Waals surface area (Å²) in [6.45, 7) is 16.3. The lowest BCUT2D eigenvalue weighted by Crippen LogP contribution is -2.61. The molecule has 18 atom stereocenters. The summed E-state index contributed by atoms with van der Waals surface area (Å²) in [5.74, 6) is -4.98. The lowest BCUT2D eigenvalue weighted by molar-refractivity contribution is -0.318. The first-order valence-corrected chi connectivity index (χ1v) is 20.9. The number of hydrogen-bond donors (Lipinski definition) is 6. The van der Waals surface area contributed by atoms with Crippen LogP contribution in [0.5, 0.6) is 0 Å². The first kappa shape index (κ1) is 51.2. The van der Waals surface area contributed by atoms with Gasteiger partial charge in [-0.25, -0.2) is 0 Å². The number of hydrogen-bond acceptors (Lipinski definition) is 17. The van der Waals surface area contributed by atoms with Crippen molar-refractivity contribution < 1.29 is 76.5 Å². The van der Waals surface area contributed by atoms with Gasteiger partial charge in [-0.1, -0.05) is 27.7 Å². The Kier molecular flexibility index (Phi) is 18.1. The highest BCUT2D eigenvalue weighted by Crippen LogP contribution is 2.40. The standard InChI is InChI=1S/C37H67NO13.CHNO3S/c1-14-25-37(10,45)30(41)20(4)27(39)18(2)16-35(8,44)32(51-34-28(40)24(38(11)12)15-19(3)47-34)21(5)29(22(6)33(43)49-25)50-26-17-36(9,46-13)31(42)23(7)48-26;2-1-6(3,4)5/h18-26,28-32,34,40-42,44-45H,14-17H2,1-13H3;(H,3,4,5)/t18-,19-,20+,21-,22-,23+,24+,25-,26+,28-,29+,30+,31+,32-,34+,35-,36-,37-;/m1./s1. The van der Waals surface area contributed by atoms with E-state index in [0.29, 0.717) is 11.8 Å². The smallest absolute Gasteiger partial charge is 0.360 e. The Bertz CT molecular complexity index is 1490. The largest absolute Gasteiger partial charge is 0.459 e. The predicted octanol–water partition coefficient (Wildman–Crippen LogP) is 1.14. The fourth-order valence-electron chi connectivity index (χ4n) is 8.41. The number of aliphatic hydroxyl groups excluding tert-OH is 3. The number of likely N-dealkylation sites (N-methyl/N-ethyl adjacent to an activating group) is 1. The van der Waals surface area contributed by atoms with Crippen molar-refractivity contribution in [1.82, 2.24) is 4.90 Å². The molecule has 19 heteroatoms. The number of ether oxygens (including phenoxy) is 6. The lowest BCUT2D eigenvalue weighted by atomic mass is 9.74. The van der Waals surface area contributed by atoms with Gasteiger partial charge in [-0.3, -0.25) is 14.1 Å². The maximum atomic E-state index is 14.1. The highest BCUT2D eigenvalue weighted by molar-refractivity contribution is 7.90. The number of thiocyanates is 1. The van der Waals surface area contributed by atoms with Crippen LogP contribution < -0.4 is 0 Å². The highest BCUT2D eigenvalue weighted by Gasteiger charge is 2.53. The van der Waals surface area contributed by atoms with Gasteiger partial charge in [-0.15, -0.1) is 0 Å². The summed E-state index contributed by atoms with van der Waals surface area (Å²) < 4.78 is 62.9. The molecule has 0 aromatic heterocycles. The molecule has 0 saturated carbocycles. The van der Waals surface area contributed by atoms with Crippen LogP contribution in [0.25, 0.3) is 0 Å². The van der Waals surface area contributed by atoms with E-state index in [1.807, 2.05) is 25.9 Å². The molecule has 0 unspecified atom stereocenters. The minimum Gasteiger partial charge on any atom is -0.459 e. The van der Waals surface area contributed by atoms with Crippen LogP contribution in [0.4, 0.5) is 0 Å². The average molecular weight is 841 g/mol. The number of cyclic esters (lactones) is 1. The van der Waals surface area contributed by atoms with E-state index >= 15 is 0 Å². The quantitative estimate of drug-likeness (QED) is 0.0908. The van der Waals surface area contributed by atoms with Crippen LogP contribution in [0, 0.1) is 34.3 Å². The summed E-state index contributed by atoms with van der Waals surface area (Å²) in [5.41, 5.74) is -4.84. The van der Waals surface area contributed by atoms with Crippen molar-refractivity contribution in [3.8, 4) is 5.40 Å². The molecule has 0 amide bonds. The van der Waals surface area contributed by atoms with Gasteiger partial charge >= 0.3 is 16.1 Å². The van der Waals surface area contributed by atoms with Gasteiger partial charge in [0.25, 0.3) is 0 Å². The van der Waals surface area contributed by atoms with Crippen molar-refractivity contribution >= 4 is 21.9 Å². The SMILES string of the molecule is CC[C@H]1OC(=O)[C@H](C)[C@@H](O[C@H]2C[C@@](C)(OC)[C@@H](O)[C@H](C)O2)[C@@H](C)[C@@H](O[C@@H]2O[C@H](C)C[C@H](N(C)C)[C@H]2O)[C@](C)(O)C[C@@H](C)C(=O)[C@H](C)[C@H](O)[C@]1(C)O.N#CS(=O)(=O)O. The predicted molar refractivity (Wildman–Crippen MR) is 203 cm³/mol. The second kappa shape index (κ2) is 20.1. The number of carbonyl (C=O) groups excluding carboxylic acids is 2. The zero-order valence-corrected chi connectivity index (χ0v) is 36.4. The number of aliphatic hydroxyl groups is 5. The third kappa shape index (κ3) is 12.6. The van der Waals surface area contributed by atoms with E-state index in [4.69, 9.17) is 38.2 Å². The van der Waals surface area contributed by atoms with E-state index < -0.39 is 118 Å². The van der Waals surface area contributed by atoms with Crippen molar-refractivity contribution in [1.29, 1.82) is 5.26 Å². The molecular weight excluding hydrogens is 772 g/mol. The molecule has 6 N–H and O–H groups in total. The van der Waals surface area contributed by atoms with E-state index in [-0.39, 0.29) is 31.4 Å². The summed E-state index contributed by atoms with van der Waals surface area (Å²) in [6, 6.07) is -0.324. The van der Waals surface area contributed by atoms with Crippen LogP contribution in [0.3, 0.4) is 0 Å². The number of nitriles is 1. The molecule has 0 aromatic rings. The monoisotopic (exact) mass is 840 g/mol. The number of carbonyl (C=O) groups is 2. The second-order valence-electron chi connectivity index (χ2n) is 17.0. The number of rotatable bonds is 7. The topological polar surface area (TPSA) is 272 Å². The Morgan fingerprint density at radius 3 is 1.98 bits per heavy atom. The van der Waals surface area contributed by atoms with Crippen LogP contribution in [0.15, 0.2) is 0 Å². The minimum absolute atomic E-state index is 0.0936. The maximum Gasteiger partial charge on any atom is 0.360 e. The molecule has 3 heterocycles. The Morgan fingerprint density at radius 2 is 1.49 bits per heavy atom. The van der Waals surface area contributed by atoms with Gasteiger partial charge in [0, 0.05) is 37.3 Å². The third-order valence-electron chi connectivity index (χ3n) is 11.9. The Balaban J connectivity index is 0.00000173. The van der Waals surface area contributed by atoms with Crippen molar-refractivity contribution in [2.24, 2.45) is 23.7 Å². The number of Topliss-reactive ketones (excluding diaryl/α,β-unsaturated/α-hetero) is 1. The van der Waals surface area contributed by atoms with E-state index in [1.54, 1.807) is 41.5 Å². The molecular formula is C38H68N2O16S. The molecule has 0 bridgehead atoms. The molecule has 0 aromatic carbocycles. The molecule has 3 aliphatic rings. The van der Waals surface area contributed by atoms with Crippen LogP contribution in [0.2, 0.25) is 0 Å². The fourth-order valence-corrected chi connectivity index (χ4v) is 8.41. The second-order valence-corrected chi connectivity index (χ2v) is 18.2.